The molecule has 0 radical (unpaired) electrons. The number of aromatic carboxylic acids is 1. The summed E-state index contributed by atoms with van der Waals surface area (Å²) in [5, 5.41) is 9.03. The van der Waals surface area contributed by atoms with Gasteiger partial charge in [-0.2, -0.15) is 0 Å². The summed E-state index contributed by atoms with van der Waals surface area (Å²) in [5.41, 5.74) is 1.56. The largest absolute Gasteiger partial charge is 0.477 e. The second-order valence-corrected chi connectivity index (χ2v) is 7.54. The quantitative estimate of drug-likeness (QED) is 0.693. The highest BCUT2D eigenvalue weighted by molar-refractivity contribution is 6.38. The molecule has 0 spiro atoms. The van der Waals surface area contributed by atoms with Crippen LogP contribution in [0.1, 0.15) is 21.5 Å². The zero-order valence-corrected chi connectivity index (χ0v) is 16.3. The molecule has 0 saturated carbocycles. The normalized spacial score (nSPS) is 13.8. The Balaban J connectivity index is 2.02. The number of aromatic nitrogens is 1. The number of carboxylic acids is 1. The molecule has 5 nitrogen and oxygen atoms in total. The number of hydrogen-bond donors (Lipinski definition) is 1. The number of alkyl halides is 1. The Labute approximate surface area is 169 Å². The van der Waals surface area contributed by atoms with Crippen molar-refractivity contribution in [3.05, 3.63) is 68.2 Å². The number of fused-ring (bicyclic) bond motifs is 2. The van der Waals surface area contributed by atoms with Crippen molar-refractivity contribution in [2.24, 2.45) is 0 Å². The van der Waals surface area contributed by atoms with Crippen LogP contribution < -0.4 is 5.43 Å². The molecule has 150 valence electrons. The molecule has 0 saturated heterocycles. The topological polar surface area (TPSA) is 62.5 Å². The molecule has 2 heterocycles. The molecule has 0 aliphatic carbocycles. The van der Waals surface area contributed by atoms with Gasteiger partial charge in [-0.15, -0.1) is 0 Å². The Bertz CT molecular complexity index is 1220. The van der Waals surface area contributed by atoms with Crippen LogP contribution in [0.4, 0.5) is 8.78 Å². The average molecular weight is 419 g/mol. The fraction of sp³-hybridized carbons (Fsp3) is 0.238. The van der Waals surface area contributed by atoms with E-state index in [-0.39, 0.29) is 28.0 Å². The highest BCUT2D eigenvalue weighted by Gasteiger charge is 2.23. The number of benzene rings is 2. The van der Waals surface area contributed by atoms with Gasteiger partial charge in [0.25, 0.3) is 0 Å². The van der Waals surface area contributed by atoms with Gasteiger partial charge < -0.3 is 9.67 Å². The van der Waals surface area contributed by atoms with Crippen molar-refractivity contribution in [1.82, 2.24) is 9.47 Å². The van der Waals surface area contributed by atoms with Gasteiger partial charge in [0.2, 0.25) is 5.43 Å². The molecular weight excluding hydrogens is 402 g/mol. The number of aryl methyl sites for hydroxylation is 1. The molecule has 2 aromatic carbocycles. The summed E-state index contributed by atoms with van der Waals surface area (Å²) in [6.45, 7) is 0.518. The fourth-order valence-electron chi connectivity index (χ4n) is 3.89. The maximum absolute atomic E-state index is 15.1. The molecule has 1 N–H and O–H groups in total. The third-order valence-electron chi connectivity index (χ3n) is 5.19. The Hall–Kier alpha value is -2.77. The first kappa shape index (κ1) is 19.5. The van der Waals surface area contributed by atoms with Crippen LogP contribution in [0.25, 0.3) is 22.0 Å². The van der Waals surface area contributed by atoms with Gasteiger partial charge in [0.1, 0.15) is 18.1 Å². The lowest BCUT2D eigenvalue weighted by molar-refractivity contribution is 0.0694. The number of hydrogen-bond acceptors (Lipinski definition) is 3. The van der Waals surface area contributed by atoms with Crippen LogP contribution in [0.15, 0.2) is 35.3 Å². The van der Waals surface area contributed by atoms with E-state index in [9.17, 15) is 19.1 Å². The summed E-state index contributed by atoms with van der Waals surface area (Å²) in [4.78, 5) is 26.1. The third kappa shape index (κ3) is 3.20. The molecule has 0 unspecified atom stereocenters. The first-order chi connectivity index (χ1) is 13.8. The van der Waals surface area contributed by atoms with Crippen molar-refractivity contribution < 1.29 is 18.7 Å². The van der Waals surface area contributed by atoms with Gasteiger partial charge in [-0.3, -0.25) is 9.69 Å². The Morgan fingerprint density at radius 3 is 2.66 bits per heavy atom. The number of nitrogens with zero attached hydrogens (tertiary/aromatic N) is 2. The molecule has 1 aliphatic heterocycles. The number of pyridine rings is 1. The average Bonchev–Trinajstić information content (AvgIpc) is 3.03. The van der Waals surface area contributed by atoms with Crippen LogP contribution >= 0.6 is 11.6 Å². The molecule has 1 aliphatic rings. The van der Waals surface area contributed by atoms with Gasteiger partial charge >= 0.3 is 5.97 Å². The zero-order chi connectivity index (χ0) is 20.9. The van der Waals surface area contributed by atoms with Crippen LogP contribution in [0.5, 0.6) is 0 Å². The first-order valence-corrected chi connectivity index (χ1v) is 9.34. The molecular formula is C21H17ClF2N2O3. The monoisotopic (exact) mass is 418 g/mol. The summed E-state index contributed by atoms with van der Waals surface area (Å²) in [6.07, 6.45) is 1.05. The van der Waals surface area contributed by atoms with E-state index in [0.717, 1.165) is 36.5 Å². The molecule has 0 fully saturated rings. The van der Waals surface area contributed by atoms with Gasteiger partial charge in [-0.05, 0) is 35.9 Å². The number of carbonyl (C=O) groups is 1. The lowest BCUT2D eigenvalue weighted by Crippen LogP contribution is -2.20. The van der Waals surface area contributed by atoms with Crippen molar-refractivity contribution in [1.29, 1.82) is 0 Å². The summed E-state index contributed by atoms with van der Waals surface area (Å²) in [7, 11) is 1.99. The molecule has 8 heteroatoms. The van der Waals surface area contributed by atoms with E-state index >= 15 is 4.39 Å². The maximum Gasteiger partial charge on any atom is 0.341 e. The van der Waals surface area contributed by atoms with Crippen LogP contribution in [0.3, 0.4) is 0 Å². The van der Waals surface area contributed by atoms with Crippen molar-refractivity contribution in [3.8, 4) is 11.1 Å². The number of carboxylic acid groups (broad SMARTS) is 1. The van der Waals surface area contributed by atoms with E-state index in [4.69, 9.17) is 11.6 Å². The Morgan fingerprint density at radius 1 is 1.24 bits per heavy atom. The lowest BCUT2D eigenvalue weighted by atomic mass is 9.98. The minimum atomic E-state index is -1.46. The highest BCUT2D eigenvalue weighted by Crippen LogP contribution is 2.38. The van der Waals surface area contributed by atoms with Crippen LogP contribution in [0.2, 0.25) is 5.02 Å². The molecule has 3 aromatic rings. The fourth-order valence-corrected chi connectivity index (χ4v) is 4.30. The minimum Gasteiger partial charge on any atom is -0.477 e. The minimum absolute atomic E-state index is 0.0474. The van der Waals surface area contributed by atoms with Gasteiger partial charge in [0, 0.05) is 24.8 Å². The van der Waals surface area contributed by atoms with Gasteiger partial charge in [0.05, 0.1) is 22.5 Å². The first-order valence-electron chi connectivity index (χ1n) is 8.97. The van der Waals surface area contributed by atoms with E-state index < -0.39 is 29.5 Å². The van der Waals surface area contributed by atoms with Crippen LogP contribution in [-0.2, 0) is 19.6 Å². The molecule has 1 aromatic heterocycles. The molecule has 0 atom stereocenters. The van der Waals surface area contributed by atoms with E-state index in [2.05, 4.69) is 4.90 Å². The molecule has 0 bridgehead atoms. The summed E-state index contributed by atoms with van der Waals surface area (Å²) >= 11 is 6.53. The van der Waals surface area contributed by atoms with Crippen LogP contribution in [-0.4, -0.2) is 34.3 Å². The number of rotatable bonds is 4. The summed E-state index contributed by atoms with van der Waals surface area (Å²) in [6, 6.07) is 6.52. The van der Waals surface area contributed by atoms with E-state index in [1.54, 1.807) is 6.07 Å². The standard InChI is InChI=1S/C21H17ClF2N2O3/c1-25-8-12-3-2-11(6-13(12)9-25)17-16(24)7-14-19(18(17)22)26(5-4-23)10-15(20(14)27)21(28)29/h2-3,6-7,10H,4-5,8-9H2,1H3,(H,28,29). The summed E-state index contributed by atoms with van der Waals surface area (Å²) in [5.74, 6) is -2.20. The predicted octanol–water partition coefficient (Wildman–Crippen LogP) is 4.07. The van der Waals surface area contributed by atoms with Crippen molar-refractivity contribution in [3.63, 3.8) is 0 Å². The highest BCUT2D eigenvalue weighted by atomic mass is 35.5. The van der Waals surface area contributed by atoms with E-state index in [1.807, 2.05) is 19.2 Å². The number of halogens is 3. The molecule has 29 heavy (non-hydrogen) atoms. The SMILES string of the molecule is CN1Cc2ccc(-c3c(F)cc4c(=O)c(C(=O)O)cn(CCF)c4c3Cl)cc2C1. The van der Waals surface area contributed by atoms with E-state index in [0.29, 0.717) is 5.56 Å². The second-order valence-electron chi connectivity index (χ2n) is 7.16. The van der Waals surface area contributed by atoms with Crippen molar-refractivity contribution in [2.75, 3.05) is 13.7 Å². The second kappa shape index (κ2) is 7.24. The van der Waals surface area contributed by atoms with Gasteiger partial charge in [-0.1, -0.05) is 23.7 Å². The molecule has 4 rings (SSSR count). The van der Waals surface area contributed by atoms with E-state index in [1.165, 1.54) is 4.57 Å². The third-order valence-corrected chi connectivity index (χ3v) is 5.55. The van der Waals surface area contributed by atoms with Crippen molar-refractivity contribution >= 4 is 28.5 Å². The Morgan fingerprint density at radius 2 is 1.97 bits per heavy atom. The lowest BCUT2D eigenvalue weighted by Gasteiger charge is -2.16. The zero-order valence-electron chi connectivity index (χ0n) is 15.5. The van der Waals surface area contributed by atoms with Gasteiger partial charge in [-0.25, -0.2) is 13.6 Å². The van der Waals surface area contributed by atoms with Crippen molar-refractivity contribution in [2.45, 2.75) is 19.6 Å². The van der Waals surface area contributed by atoms with Gasteiger partial charge in [0.15, 0.2) is 0 Å². The predicted molar refractivity (Wildman–Crippen MR) is 107 cm³/mol. The Kier molecular flexibility index (Phi) is 4.88. The van der Waals surface area contributed by atoms with Crippen LogP contribution in [0, 0.1) is 5.82 Å². The summed E-state index contributed by atoms with van der Waals surface area (Å²) < 4.78 is 29.4. The molecule has 0 amide bonds. The smallest absolute Gasteiger partial charge is 0.341 e. The maximum atomic E-state index is 15.1.